The van der Waals surface area contributed by atoms with Gasteiger partial charge >= 0.3 is 5.97 Å². The first-order valence-corrected chi connectivity index (χ1v) is 7.24. The van der Waals surface area contributed by atoms with E-state index in [1.165, 1.54) is 4.31 Å². The highest BCUT2D eigenvalue weighted by atomic mass is 32.2. The van der Waals surface area contributed by atoms with Gasteiger partial charge in [0, 0.05) is 25.6 Å². The summed E-state index contributed by atoms with van der Waals surface area (Å²) in [6.45, 7) is 4.45. The first kappa shape index (κ1) is 14.4. The van der Waals surface area contributed by atoms with E-state index in [1.54, 1.807) is 13.8 Å². The van der Waals surface area contributed by atoms with Crippen LogP contribution in [0.15, 0.2) is 0 Å². The van der Waals surface area contributed by atoms with Gasteiger partial charge in [-0.3, -0.25) is 4.79 Å². The van der Waals surface area contributed by atoms with Crippen LogP contribution in [-0.2, 0) is 15.0 Å². The molecular weight excluding hydrogens is 244 g/mol. The number of carboxylic acid groups (broad SMARTS) is 1. The lowest BCUT2D eigenvalue weighted by molar-refractivity contribution is -0.137. The standard InChI is InChI=1S/C10H20N2O4S/c1-8(2)11-17(15,16)12-6-5-9(7-12)3-4-10(13)14/h8-9,11H,3-7H2,1-2H3,(H,13,14). The number of carboxylic acids is 1. The second kappa shape index (κ2) is 5.79. The molecule has 2 N–H and O–H groups in total. The molecule has 0 aromatic heterocycles. The molecule has 6 nitrogen and oxygen atoms in total. The SMILES string of the molecule is CC(C)NS(=O)(=O)N1CCC(CCC(=O)O)C1. The molecule has 0 aromatic rings. The van der Waals surface area contributed by atoms with E-state index in [9.17, 15) is 13.2 Å². The first-order valence-electron chi connectivity index (χ1n) is 5.80. The number of nitrogens with zero attached hydrogens (tertiary/aromatic N) is 1. The van der Waals surface area contributed by atoms with E-state index in [1.807, 2.05) is 0 Å². The summed E-state index contributed by atoms with van der Waals surface area (Å²) in [6.07, 6.45) is 1.39. The van der Waals surface area contributed by atoms with Crippen molar-refractivity contribution in [1.29, 1.82) is 0 Å². The predicted octanol–water partition coefficient (Wildman–Crippen LogP) is 0.416. The summed E-state index contributed by atoms with van der Waals surface area (Å²) in [5.41, 5.74) is 0. The third-order valence-corrected chi connectivity index (χ3v) is 4.52. The second-order valence-corrected chi connectivity index (χ2v) is 6.42. The summed E-state index contributed by atoms with van der Waals surface area (Å²) in [6, 6.07) is -0.127. The van der Waals surface area contributed by atoms with Crippen LogP contribution in [0.2, 0.25) is 0 Å². The van der Waals surface area contributed by atoms with Crippen molar-refractivity contribution in [3.63, 3.8) is 0 Å². The quantitative estimate of drug-likeness (QED) is 0.727. The summed E-state index contributed by atoms with van der Waals surface area (Å²) in [5.74, 6) is -0.665. The minimum Gasteiger partial charge on any atom is -0.481 e. The molecule has 1 rings (SSSR count). The molecule has 1 atom stereocenters. The van der Waals surface area contributed by atoms with Crippen LogP contribution in [-0.4, -0.2) is 42.9 Å². The van der Waals surface area contributed by atoms with Crippen molar-refractivity contribution in [3.8, 4) is 0 Å². The van der Waals surface area contributed by atoms with Crippen LogP contribution in [0.5, 0.6) is 0 Å². The maximum absolute atomic E-state index is 11.8. The van der Waals surface area contributed by atoms with Gasteiger partial charge in [-0.25, -0.2) is 0 Å². The second-order valence-electron chi connectivity index (χ2n) is 4.72. The largest absolute Gasteiger partial charge is 0.481 e. The summed E-state index contributed by atoms with van der Waals surface area (Å²) in [7, 11) is -3.39. The van der Waals surface area contributed by atoms with Gasteiger partial charge in [-0.2, -0.15) is 17.4 Å². The molecule has 1 fully saturated rings. The van der Waals surface area contributed by atoms with Gasteiger partial charge in [0.05, 0.1) is 0 Å². The van der Waals surface area contributed by atoms with Gasteiger partial charge in [-0.15, -0.1) is 0 Å². The lowest BCUT2D eigenvalue weighted by Crippen LogP contribution is -2.42. The number of aliphatic carboxylic acids is 1. The molecule has 0 amide bonds. The molecule has 0 spiro atoms. The van der Waals surface area contributed by atoms with Gasteiger partial charge < -0.3 is 5.11 Å². The summed E-state index contributed by atoms with van der Waals surface area (Å²) in [4.78, 5) is 10.4. The van der Waals surface area contributed by atoms with Gasteiger partial charge in [0.1, 0.15) is 0 Å². The average Bonchev–Trinajstić information content (AvgIpc) is 2.61. The molecule has 1 aliphatic rings. The Labute approximate surface area is 102 Å². The van der Waals surface area contributed by atoms with Crippen molar-refractivity contribution < 1.29 is 18.3 Å². The highest BCUT2D eigenvalue weighted by molar-refractivity contribution is 7.87. The fourth-order valence-corrected chi connectivity index (χ4v) is 3.45. The molecule has 100 valence electrons. The molecule has 0 aromatic carbocycles. The zero-order chi connectivity index (χ0) is 13.1. The minimum absolute atomic E-state index is 0.107. The Morgan fingerprint density at radius 3 is 2.71 bits per heavy atom. The highest BCUT2D eigenvalue weighted by Gasteiger charge is 2.31. The van der Waals surface area contributed by atoms with E-state index < -0.39 is 16.2 Å². The molecule has 0 radical (unpaired) electrons. The van der Waals surface area contributed by atoms with Gasteiger partial charge in [-0.1, -0.05) is 0 Å². The summed E-state index contributed by atoms with van der Waals surface area (Å²) < 4.78 is 27.6. The van der Waals surface area contributed by atoms with Crippen molar-refractivity contribution in [2.45, 2.75) is 39.2 Å². The summed E-state index contributed by atoms with van der Waals surface area (Å²) in [5, 5.41) is 8.57. The van der Waals surface area contributed by atoms with Crippen LogP contribution in [0.1, 0.15) is 33.1 Å². The van der Waals surface area contributed by atoms with E-state index in [4.69, 9.17) is 5.11 Å². The number of hydrogen-bond donors (Lipinski definition) is 2. The van der Waals surface area contributed by atoms with Crippen molar-refractivity contribution in [2.24, 2.45) is 5.92 Å². The Morgan fingerprint density at radius 1 is 1.53 bits per heavy atom. The number of hydrogen-bond acceptors (Lipinski definition) is 3. The Bertz CT molecular complexity index is 367. The van der Waals surface area contributed by atoms with E-state index in [2.05, 4.69) is 4.72 Å². The van der Waals surface area contributed by atoms with E-state index in [0.717, 1.165) is 6.42 Å². The molecule has 17 heavy (non-hydrogen) atoms. The molecule has 1 aliphatic heterocycles. The Kier molecular flexibility index (Phi) is 4.91. The average molecular weight is 264 g/mol. The molecule has 0 bridgehead atoms. The van der Waals surface area contributed by atoms with Crippen molar-refractivity contribution in [3.05, 3.63) is 0 Å². The van der Waals surface area contributed by atoms with Crippen LogP contribution in [0.3, 0.4) is 0 Å². The van der Waals surface area contributed by atoms with Crippen LogP contribution < -0.4 is 4.72 Å². The lowest BCUT2D eigenvalue weighted by Gasteiger charge is -2.18. The molecule has 1 saturated heterocycles. The zero-order valence-corrected chi connectivity index (χ0v) is 11.0. The van der Waals surface area contributed by atoms with Gasteiger partial charge in [0.2, 0.25) is 0 Å². The van der Waals surface area contributed by atoms with Crippen LogP contribution in [0, 0.1) is 5.92 Å². The lowest BCUT2D eigenvalue weighted by atomic mass is 10.0. The monoisotopic (exact) mass is 264 g/mol. The fourth-order valence-electron chi connectivity index (χ4n) is 1.95. The van der Waals surface area contributed by atoms with Crippen LogP contribution in [0.25, 0.3) is 0 Å². The Morgan fingerprint density at radius 2 is 2.18 bits per heavy atom. The molecule has 0 saturated carbocycles. The first-order chi connectivity index (χ1) is 7.81. The van der Waals surface area contributed by atoms with Crippen molar-refractivity contribution in [1.82, 2.24) is 9.03 Å². The molecule has 7 heteroatoms. The topological polar surface area (TPSA) is 86.7 Å². The van der Waals surface area contributed by atoms with Crippen molar-refractivity contribution in [2.75, 3.05) is 13.1 Å². The Balaban J connectivity index is 2.47. The van der Waals surface area contributed by atoms with E-state index in [-0.39, 0.29) is 18.4 Å². The molecule has 0 aliphatic carbocycles. The zero-order valence-electron chi connectivity index (χ0n) is 10.2. The number of nitrogens with one attached hydrogen (secondary N) is 1. The third-order valence-electron chi connectivity index (χ3n) is 2.74. The highest BCUT2D eigenvalue weighted by Crippen LogP contribution is 2.22. The van der Waals surface area contributed by atoms with Crippen LogP contribution in [0.4, 0.5) is 0 Å². The number of rotatable bonds is 6. The number of carbonyl (C=O) groups is 1. The smallest absolute Gasteiger partial charge is 0.303 e. The third kappa shape index (κ3) is 4.61. The minimum atomic E-state index is -3.39. The maximum atomic E-state index is 11.8. The molecule has 1 heterocycles. The van der Waals surface area contributed by atoms with Crippen LogP contribution >= 0.6 is 0 Å². The normalized spacial score (nSPS) is 22.2. The maximum Gasteiger partial charge on any atom is 0.303 e. The Hall–Kier alpha value is -0.660. The van der Waals surface area contributed by atoms with Crippen molar-refractivity contribution >= 4 is 16.2 Å². The van der Waals surface area contributed by atoms with Gasteiger partial charge in [-0.05, 0) is 32.6 Å². The van der Waals surface area contributed by atoms with Gasteiger partial charge in [0.15, 0.2) is 0 Å². The fraction of sp³-hybridized carbons (Fsp3) is 0.900. The van der Waals surface area contributed by atoms with Gasteiger partial charge in [0.25, 0.3) is 10.2 Å². The van der Waals surface area contributed by atoms with E-state index >= 15 is 0 Å². The van der Waals surface area contributed by atoms with E-state index in [0.29, 0.717) is 19.5 Å². The predicted molar refractivity (Wildman–Crippen MR) is 63.7 cm³/mol. The molecular formula is C10H20N2O4S. The summed E-state index contributed by atoms with van der Waals surface area (Å²) >= 11 is 0. The molecule has 1 unspecified atom stereocenters.